The second kappa shape index (κ2) is 7.76. The van der Waals surface area contributed by atoms with Crippen LogP contribution in [-0.2, 0) is 17.4 Å². The lowest BCUT2D eigenvalue weighted by Gasteiger charge is -2.28. The normalized spacial score (nSPS) is 14.0. The number of phenolic OH excluding ortho intramolecular Hbond substituents is 1. The monoisotopic (exact) mass is 436 g/mol. The van der Waals surface area contributed by atoms with E-state index in [2.05, 4.69) is 0 Å². The predicted octanol–water partition coefficient (Wildman–Crippen LogP) is 5.02. The van der Waals surface area contributed by atoms with Crippen LogP contribution in [0.3, 0.4) is 0 Å². The molecule has 0 saturated carbocycles. The van der Waals surface area contributed by atoms with Crippen LogP contribution in [0.4, 0.5) is 0 Å². The van der Waals surface area contributed by atoms with E-state index in [-0.39, 0.29) is 40.3 Å². The van der Waals surface area contributed by atoms with Gasteiger partial charge in [-0.3, -0.25) is 10.2 Å². The third-order valence-corrected chi connectivity index (χ3v) is 6.00. The van der Waals surface area contributed by atoms with Crippen molar-refractivity contribution in [1.82, 2.24) is 4.90 Å². The summed E-state index contributed by atoms with van der Waals surface area (Å²) in [6.45, 7) is 14.0. The van der Waals surface area contributed by atoms with Gasteiger partial charge >= 0.3 is 5.97 Å². The Labute approximate surface area is 189 Å². The van der Waals surface area contributed by atoms with Crippen molar-refractivity contribution >= 4 is 17.6 Å². The number of nitrogens with one attached hydrogen (secondary N) is 1. The first-order valence-electron chi connectivity index (χ1n) is 10.7. The van der Waals surface area contributed by atoms with Gasteiger partial charge in [0.25, 0.3) is 0 Å². The van der Waals surface area contributed by atoms with Crippen LogP contribution in [0, 0.1) is 12.3 Å². The number of carboxylic acid groups (broad SMARTS) is 1. The van der Waals surface area contributed by atoms with Gasteiger partial charge in [0.1, 0.15) is 11.6 Å². The number of Topliss-reactive ketones (excluding diaryl/α,β-unsaturated/α-hetero) is 1. The molecule has 0 amide bonds. The van der Waals surface area contributed by atoms with E-state index in [1.165, 1.54) is 0 Å². The summed E-state index contributed by atoms with van der Waals surface area (Å²) in [7, 11) is 0. The maximum absolute atomic E-state index is 13.3. The maximum Gasteiger partial charge on any atom is 0.335 e. The molecule has 32 heavy (non-hydrogen) atoms. The quantitative estimate of drug-likeness (QED) is 0.584. The summed E-state index contributed by atoms with van der Waals surface area (Å²) in [5.74, 6) is -0.701. The van der Waals surface area contributed by atoms with Crippen LogP contribution in [-0.4, -0.2) is 39.2 Å². The zero-order chi connectivity index (χ0) is 24.2. The zero-order valence-corrected chi connectivity index (χ0v) is 19.9. The van der Waals surface area contributed by atoms with Crippen molar-refractivity contribution in [2.75, 3.05) is 6.54 Å². The topological polar surface area (TPSA) is 102 Å². The number of phenols is 1. The average molecular weight is 437 g/mol. The van der Waals surface area contributed by atoms with Crippen molar-refractivity contribution in [3.8, 4) is 5.75 Å². The molecule has 3 N–H and O–H groups in total. The Balaban J connectivity index is 1.95. The molecular weight excluding hydrogens is 404 g/mol. The van der Waals surface area contributed by atoms with Gasteiger partial charge in [0.15, 0.2) is 5.78 Å². The highest BCUT2D eigenvalue weighted by Crippen LogP contribution is 2.40. The third kappa shape index (κ3) is 4.27. The molecule has 0 unspecified atom stereocenters. The largest absolute Gasteiger partial charge is 0.507 e. The fraction of sp³-hybridized carbons (Fsp3) is 0.423. The second-order valence-electron chi connectivity index (χ2n) is 10.7. The van der Waals surface area contributed by atoms with Crippen LogP contribution >= 0.6 is 0 Å². The molecule has 2 aromatic carbocycles. The molecule has 0 aliphatic carbocycles. The lowest BCUT2D eigenvalue weighted by Crippen LogP contribution is -2.30. The molecule has 1 aliphatic rings. The van der Waals surface area contributed by atoms with Gasteiger partial charge in [0.2, 0.25) is 0 Å². The van der Waals surface area contributed by atoms with Gasteiger partial charge in [-0.1, -0.05) is 41.5 Å². The number of fused-ring (bicyclic) bond motifs is 1. The SMILES string of the molecule is Cc1cc2c(cc1C(=O)O)CN(CC(=O)c1cc(C(C)(C)C)c(O)c(C(C)(C)C)c1)C2=N. The molecule has 1 heterocycles. The summed E-state index contributed by atoms with van der Waals surface area (Å²) < 4.78 is 0. The lowest BCUT2D eigenvalue weighted by molar-refractivity contribution is 0.0695. The van der Waals surface area contributed by atoms with E-state index in [0.717, 1.165) is 16.7 Å². The minimum Gasteiger partial charge on any atom is -0.507 e. The van der Waals surface area contributed by atoms with Crippen LogP contribution in [0.5, 0.6) is 5.75 Å². The number of benzene rings is 2. The summed E-state index contributed by atoms with van der Waals surface area (Å²) in [5.41, 5.74) is 3.46. The molecule has 3 rings (SSSR count). The first-order valence-corrected chi connectivity index (χ1v) is 10.7. The third-order valence-electron chi connectivity index (χ3n) is 6.00. The van der Waals surface area contributed by atoms with Crippen LogP contribution in [0.25, 0.3) is 0 Å². The van der Waals surface area contributed by atoms with Gasteiger partial charge in [-0.05, 0) is 53.1 Å². The van der Waals surface area contributed by atoms with Crippen molar-refractivity contribution < 1.29 is 19.8 Å². The van der Waals surface area contributed by atoms with Crippen molar-refractivity contribution in [2.45, 2.75) is 65.8 Å². The van der Waals surface area contributed by atoms with Gasteiger partial charge in [-0.15, -0.1) is 0 Å². The number of carbonyl (C=O) groups excluding carboxylic acids is 1. The molecule has 6 heteroatoms. The van der Waals surface area contributed by atoms with E-state index in [1.807, 2.05) is 41.5 Å². The molecule has 170 valence electrons. The summed E-state index contributed by atoms with van der Waals surface area (Å²) in [5, 5.41) is 28.8. The van der Waals surface area contributed by atoms with Crippen LogP contribution in [0.1, 0.15) is 90.1 Å². The number of aromatic hydroxyl groups is 1. The average Bonchev–Trinajstić information content (AvgIpc) is 2.94. The van der Waals surface area contributed by atoms with Gasteiger partial charge in [0.05, 0.1) is 12.1 Å². The Bertz CT molecular complexity index is 1100. The molecule has 0 radical (unpaired) electrons. The van der Waals surface area contributed by atoms with Gasteiger partial charge in [-0.2, -0.15) is 0 Å². The zero-order valence-electron chi connectivity index (χ0n) is 19.9. The number of aromatic carboxylic acids is 1. The molecule has 2 aromatic rings. The van der Waals surface area contributed by atoms with Crippen molar-refractivity contribution in [2.24, 2.45) is 0 Å². The van der Waals surface area contributed by atoms with Crippen molar-refractivity contribution in [1.29, 1.82) is 5.41 Å². The molecule has 0 aromatic heterocycles. The number of ketones is 1. The number of carbonyl (C=O) groups is 2. The van der Waals surface area contributed by atoms with E-state index in [9.17, 15) is 19.8 Å². The number of amidine groups is 1. The van der Waals surface area contributed by atoms with E-state index < -0.39 is 5.97 Å². The Kier molecular flexibility index (Phi) is 5.71. The van der Waals surface area contributed by atoms with Crippen LogP contribution in [0.2, 0.25) is 0 Å². The first-order chi connectivity index (χ1) is 14.6. The highest BCUT2D eigenvalue weighted by atomic mass is 16.4. The molecule has 0 saturated heterocycles. The molecule has 0 bridgehead atoms. The minimum atomic E-state index is -1.00. The highest BCUT2D eigenvalue weighted by Gasteiger charge is 2.31. The number of nitrogens with zero attached hydrogens (tertiary/aromatic N) is 1. The van der Waals surface area contributed by atoms with E-state index >= 15 is 0 Å². The number of hydrogen-bond donors (Lipinski definition) is 3. The molecule has 0 atom stereocenters. The summed E-state index contributed by atoms with van der Waals surface area (Å²) >= 11 is 0. The maximum atomic E-state index is 13.3. The van der Waals surface area contributed by atoms with Crippen LogP contribution < -0.4 is 0 Å². The molecule has 0 fully saturated rings. The van der Waals surface area contributed by atoms with E-state index in [1.54, 1.807) is 36.1 Å². The lowest BCUT2D eigenvalue weighted by atomic mass is 9.78. The number of rotatable bonds is 4. The Morgan fingerprint density at radius 1 is 1.00 bits per heavy atom. The fourth-order valence-corrected chi connectivity index (χ4v) is 4.13. The second-order valence-corrected chi connectivity index (χ2v) is 10.7. The van der Waals surface area contributed by atoms with Crippen molar-refractivity contribution in [3.63, 3.8) is 0 Å². The standard InChI is InChI=1S/C26H32N2O4/c1-14-8-18-16(9-17(14)24(31)32)12-28(23(18)27)13-21(29)15-10-19(25(2,3)4)22(30)20(11-15)26(5,6)7/h8-11,27,30H,12-13H2,1-7H3,(H,31,32). The first kappa shape index (κ1) is 23.5. The molecule has 0 spiro atoms. The highest BCUT2D eigenvalue weighted by molar-refractivity contribution is 6.06. The van der Waals surface area contributed by atoms with Crippen LogP contribution in [0.15, 0.2) is 24.3 Å². The molecular formula is C26H32N2O4. The number of hydrogen-bond acceptors (Lipinski definition) is 4. The van der Waals surface area contributed by atoms with Crippen molar-refractivity contribution in [3.05, 3.63) is 63.2 Å². The Morgan fingerprint density at radius 3 is 2.00 bits per heavy atom. The summed E-state index contributed by atoms with van der Waals surface area (Å²) in [6.07, 6.45) is 0. The minimum absolute atomic E-state index is 0.00685. The van der Waals surface area contributed by atoms with Gasteiger partial charge in [-0.25, -0.2) is 4.79 Å². The van der Waals surface area contributed by atoms with E-state index in [4.69, 9.17) is 5.41 Å². The fourth-order valence-electron chi connectivity index (χ4n) is 4.13. The molecule has 1 aliphatic heterocycles. The predicted molar refractivity (Wildman–Crippen MR) is 125 cm³/mol. The number of carboxylic acids is 1. The number of aryl methyl sites for hydroxylation is 1. The van der Waals surface area contributed by atoms with Gasteiger partial charge < -0.3 is 15.1 Å². The Morgan fingerprint density at radius 2 is 1.53 bits per heavy atom. The summed E-state index contributed by atoms with van der Waals surface area (Å²) in [4.78, 5) is 26.4. The van der Waals surface area contributed by atoms with E-state index in [0.29, 0.717) is 23.2 Å². The van der Waals surface area contributed by atoms with Gasteiger partial charge in [0, 0.05) is 28.8 Å². The summed E-state index contributed by atoms with van der Waals surface area (Å²) in [6, 6.07) is 6.82. The Hall–Kier alpha value is -3.15. The smallest absolute Gasteiger partial charge is 0.335 e. The molecule has 6 nitrogen and oxygen atoms in total.